The van der Waals surface area contributed by atoms with E-state index in [0.29, 0.717) is 24.9 Å². The molecule has 5 nitrogen and oxygen atoms in total. The van der Waals surface area contributed by atoms with Gasteiger partial charge in [-0.1, -0.05) is 19.4 Å². The van der Waals surface area contributed by atoms with Crippen LogP contribution in [0.25, 0.3) is 0 Å². The maximum absolute atomic E-state index is 12.4. The number of nitrogens with zero attached hydrogens (tertiary/aromatic N) is 1. The SMILES string of the molecule is CCCC(C(=O)NC=O)N1Cc2c(S)cccc2C1=O. The Labute approximate surface area is 122 Å². The average molecular weight is 292 g/mol. The maximum atomic E-state index is 12.4. The third-order valence-electron chi connectivity index (χ3n) is 3.41. The number of imide groups is 1. The van der Waals surface area contributed by atoms with E-state index in [9.17, 15) is 14.4 Å². The molecule has 3 amide bonds. The number of benzene rings is 1. The third kappa shape index (κ3) is 2.56. The van der Waals surface area contributed by atoms with Crippen molar-refractivity contribution >= 4 is 30.9 Å². The first kappa shape index (κ1) is 14.6. The molecule has 1 atom stereocenters. The fourth-order valence-corrected chi connectivity index (χ4v) is 2.72. The Morgan fingerprint density at radius 3 is 2.90 bits per heavy atom. The van der Waals surface area contributed by atoms with E-state index in [1.165, 1.54) is 4.90 Å². The predicted octanol–water partition coefficient (Wildman–Crippen LogP) is 1.37. The van der Waals surface area contributed by atoms with E-state index < -0.39 is 11.9 Å². The van der Waals surface area contributed by atoms with Crippen molar-refractivity contribution in [3.8, 4) is 0 Å². The summed E-state index contributed by atoms with van der Waals surface area (Å²) in [7, 11) is 0. The number of amides is 3. The fourth-order valence-electron chi connectivity index (χ4n) is 2.45. The molecule has 0 bridgehead atoms. The van der Waals surface area contributed by atoms with Gasteiger partial charge < -0.3 is 4.90 Å². The number of carbonyl (C=O) groups excluding carboxylic acids is 3. The first-order valence-corrected chi connectivity index (χ1v) is 6.90. The van der Waals surface area contributed by atoms with Gasteiger partial charge in [0.05, 0.1) is 0 Å². The second-order valence-corrected chi connectivity index (χ2v) is 5.15. The molecular formula is C14H16N2O3S. The van der Waals surface area contributed by atoms with Crippen molar-refractivity contribution in [2.75, 3.05) is 0 Å². The fraction of sp³-hybridized carbons (Fsp3) is 0.357. The van der Waals surface area contributed by atoms with E-state index in [-0.39, 0.29) is 5.91 Å². The van der Waals surface area contributed by atoms with Crippen LogP contribution in [-0.2, 0) is 16.1 Å². The summed E-state index contributed by atoms with van der Waals surface area (Å²) >= 11 is 4.35. The molecule has 1 aliphatic rings. The van der Waals surface area contributed by atoms with Crippen molar-refractivity contribution in [2.24, 2.45) is 0 Å². The van der Waals surface area contributed by atoms with Gasteiger partial charge in [-0.15, -0.1) is 12.6 Å². The molecule has 0 saturated carbocycles. The molecule has 0 radical (unpaired) electrons. The Bertz CT molecular complexity index is 559. The van der Waals surface area contributed by atoms with Crippen LogP contribution in [0.15, 0.2) is 23.1 Å². The van der Waals surface area contributed by atoms with Gasteiger partial charge in [-0.2, -0.15) is 0 Å². The van der Waals surface area contributed by atoms with E-state index >= 15 is 0 Å². The van der Waals surface area contributed by atoms with Gasteiger partial charge in [0.1, 0.15) is 6.04 Å². The van der Waals surface area contributed by atoms with E-state index in [1.54, 1.807) is 12.1 Å². The Balaban J connectivity index is 2.29. The topological polar surface area (TPSA) is 66.5 Å². The monoisotopic (exact) mass is 292 g/mol. The summed E-state index contributed by atoms with van der Waals surface area (Å²) < 4.78 is 0. The Morgan fingerprint density at radius 2 is 2.30 bits per heavy atom. The Morgan fingerprint density at radius 1 is 1.55 bits per heavy atom. The third-order valence-corrected chi connectivity index (χ3v) is 3.83. The van der Waals surface area contributed by atoms with E-state index in [1.807, 2.05) is 13.0 Å². The minimum Gasteiger partial charge on any atom is -0.322 e. The van der Waals surface area contributed by atoms with Gasteiger partial charge >= 0.3 is 0 Å². The second kappa shape index (κ2) is 6.09. The summed E-state index contributed by atoms with van der Waals surface area (Å²) in [6.45, 7) is 2.28. The van der Waals surface area contributed by atoms with E-state index in [2.05, 4.69) is 17.9 Å². The van der Waals surface area contributed by atoms with Crippen molar-refractivity contribution in [2.45, 2.75) is 37.2 Å². The number of fused-ring (bicyclic) bond motifs is 1. The lowest BCUT2D eigenvalue weighted by Gasteiger charge is -2.25. The zero-order chi connectivity index (χ0) is 14.7. The summed E-state index contributed by atoms with van der Waals surface area (Å²) in [4.78, 5) is 37.0. The highest BCUT2D eigenvalue weighted by molar-refractivity contribution is 7.80. The molecule has 0 saturated heterocycles. The molecule has 0 spiro atoms. The first-order chi connectivity index (χ1) is 9.60. The quantitative estimate of drug-likeness (QED) is 0.636. The zero-order valence-electron chi connectivity index (χ0n) is 11.1. The van der Waals surface area contributed by atoms with Crippen molar-refractivity contribution in [1.29, 1.82) is 0 Å². The summed E-state index contributed by atoms with van der Waals surface area (Å²) in [6, 6.07) is 4.69. The maximum Gasteiger partial charge on any atom is 0.255 e. The smallest absolute Gasteiger partial charge is 0.255 e. The Kier molecular flexibility index (Phi) is 4.44. The number of hydrogen-bond donors (Lipinski definition) is 2. The van der Waals surface area contributed by atoms with Gasteiger partial charge in [-0.3, -0.25) is 19.7 Å². The van der Waals surface area contributed by atoms with Gasteiger partial charge in [0.15, 0.2) is 0 Å². The normalized spacial score (nSPS) is 14.9. The summed E-state index contributed by atoms with van der Waals surface area (Å²) in [5.74, 6) is -0.626. The van der Waals surface area contributed by atoms with Gasteiger partial charge in [0, 0.05) is 17.0 Å². The summed E-state index contributed by atoms with van der Waals surface area (Å²) in [5.41, 5.74) is 1.42. The molecule has 1 aromatic rings. The van der Waals surface area contributed by atoms with Crippen LogP contribution in [0.1, 0.15) is 35.7 Å². The van der Waals surface area contributed by atoms with Crippen LogP contribution < -0.4 is 5.32 Å². The number of carbonyl (C=O) groups is 3. The summed E-state index contributed by atoms with van der Waals surface area (Å²) in [6.07, 6.45) is 1.61. The van der Waals surface area contributed by atoms with E-state index in [0.717, 1.165) is 16.9 Å². The average Bonchev–Trinajstić information content (AvgIpc) is 2.75. The molecule has 1 unspecified atom stereocenters. The van der Waals surface area contributed by atoms with Crippen LogP contribution in [0.3, 0.4) is 0 Å². The minimum absolute atomic E-state index is 0.185. The molecule has 1 heterocycles. The molecule has 20 heavy (non-hydrogen) atoms. The molecule has 6 heteroatoms. The predicted molar refractivity (Wildman–Crippen MR) is 76.5 cm³/mol. The lowest BCUT2D eigenvalue weighted by Crippen LogP contribution is -2.46. The molecule has 1 aliphatic heterocycles. The molecule has 1 N–H and O–H groups in total. The van der Waals surface area contributed by atoms with Gasteiger partial charge in [0.25, 0.3) is 5.91 Å². The number of nitrogens with one attached hydrogen (secondary N) is 1. The molecule has 0 aromatic heterocycles. The van der Waals surface area contributed by atoms with Crippen LogP contribution in [0.5, 0.6) is 0 Å². The second-order valence-electron chi connectivity index (χ2n) is 4.67. The van der Waals surface area contributed by atoms with Crippen molar-refractivity contribution < 1.29 is 14.4 Å². The van der Waals surface area contributed by atoms with Crippen molar-refractivity contribution in [3.63, 3.8) is 0 Å². The van der Waals surface area contributed by atoms with Gasteiger partial charge in [0.2, 0.25) is 12.3 Å². The number of thiol groups is 1. The zero-order valence-corrected chi connectivity index (χ0v) is 12.0. The molecular weight excluding hydrogens is 276 g/mol. The van der Waals surface area contributed by atoms with Gasteiger partial charge in [-0.05, 0) is 24.1 Å². The van der Waals surface area contributed by atoms with Crippen LogP contribution in [0.2, 0.25) is 0 Å². The highest BCUT2D eigenvalue weighted by atomic mass is 32.1. The molecule has 0 fully saturated rings. The molecule has 0 aliphatic carbocycles. The highest BCUT2D eigenvalue weighted by Crippen LogP contribution is 2.30. The molecule has 106 valence electrons. The first-order valence-electron chi connectivity index (χ1n) is 6.46. The standard InChI is InChI=1S/C14H16N2O3S/c1-2-4-11(13(18)15-8-17)16-7-10-9(14(16)19)5-3-6-12(10)20/h3,5-6,8,11,20H,2,4,7H2,1H3,(H,15,17,18). The van der Waals surface area contributed by atoms with Crippen LogP contribution >= 0.6 is 12.6 Å². The van der Waals surface area contributed by atoms with Crippen LogP contribution in [0, 0.1) is 0 Å². The van der Waals surface area contributed by atoms with Crippen molar-refractivity contribution in [1.82, 2.24) is 10.2 Å². The minimum atomic E-state index is -0.627. The van der Waals surface area contributed by atoms with Crippen LogP contribution in [0.4, 0.5) is 0 Å². The lowest BCUT2D eigenvalue weighted by atomic mass is 10.1. The lowest BCUT2D eigenvalue weighted by molar-refractivity contribution is -0.129. The van der Waals surface area contributed by atoms with E-state index in [4.69, 9.17) is 0 Å². The van der Waals surface area contributed by atoms with Gasteiger partial charge in [-0.25, -0.2) is 0 Å². The number of hydrogen-bond acceptors (Lipinski definition) is 4. The van der Waals surface area contributed by atoms with Crippen LogP contribution in [-0.4, -0.2) is 29.2 Å². The summed E-state index contributed by atoms with van der Waals surface area (Å²) in [5, 5.41) is 2.14. The molecule has 1 aromatic carbocycles. The highest BCUT2D eigenvalue weighted by Gasteiger charge is 2.36. The number of rotatable bonds is 5. The molecule has 2 rings (SSSR count). The Hall–Kier alpha value is -1.82. The van der Waals surface area contributed by atoms with Crippen molar-refractivity contribution in [3.05, 3.63) is 29.3 Å². The largest absolute Gasteiger partial charge is 0.322 e.